The number of halogens is 3. The monoisotopic (exact) mass is 354 g/mol. The third-order valence-corrected chi connectivity index (χ3v) is 3.82. The summed E-state index contributed by atoms with van der Waals surface area (Å²) in [5.74, 6) is -1.03. The van der Waals surface area contributed by atoms with Gasteiger partial charge in [0.25, 0.3) is 0 Å². The third kappa shape index (κ3) is 3.18. The van der Waals surface area contributed by atoms with E-state index < -0.39 is 11.6 Å². The molecule has 2 nitrogen and oxygen atoms in total. The number of hydrogen-bond acceptors (Lipinski definition) is 2. The summed E-state index contributed by atoms with van der Waals surface area (Å²) in [5.41, 5.74) is 2.28. The minimum absolute atomic E-state index is 0.0774. The molecule has 3 rings (SSSR count). The molecule has 0 spiro atoms. The molecular weight excluding hydrogens is 342 g/mol. The summed E-state index contributed by atoms with van der Waals surface area (Å²) in [4.78, 5) is 0. The van der Waals surface area contributed by atoms with Gasteiger partial charge in [-0.25, -0.2) is 4.39 Å². The average Bonchev–Trinajstić information content (AvgIpc) is 2.91. The van der Waals surface area contributed by atoms with Crippen molar-refractivity contribution in [3.8, 4) is 11.5 Å². The maximum Gasteiger partial charge on any atom is 0.200 e. The molecule has 0 fully saturated rings. The van der Waals surface area contributed by atoms with Gasteiger partial charge in [-0.2, -0.15) is 4.39 Å². The van der Waals surface area contributed by atoms with Crippen molar-refractivity contribution in [2.24, 2.45) is 0 Å². The van der Waals surface area contributed by atoms with Crippen molar-refractivity contribution in [1.29, 1.82) is 0 Å². The Balaban J connectivity index is 1.64. The number of benzene rings is 2. The Hall–Kier alpha value is -1.62. The zero-order chi connectivity index (χ0) is 14.8. The van der Waals surface area contributed by atoms with Crippen LogP contribution in [0.25, 0.3) is 0 Å². The normalized spacial score (nSPS) is 12.9. The Bertz CT molecular complexity index is 674. The van der Waals surface area contributed by atoms with Crippen LogP contribution in [0.2, 0.25) is 0 Å². The van der Waals surface area contributed by atoms with Gasteiger partial charge in [0, 0.05) is 17.3 Å². The molecule has 21 heavy (non-hydrogen) atoms. The van der Waals surface area contributed by atoms with Crippen molar-refractivity contribution in [3.05, 3.63) is 57.6 Å². The van der Waals surface area contributed by atoms with Crippen LogP contribution >= 0.6 is 15.9 Å². The van der Waals surface area contributed by atoms with Gasteiger partial charge in [-0.3, -0.25) is 0 Å². The van der Waals surface area contributed by atoms with Crippen LogP contribution in [0.3, 0.4) is 0 Å². The van der Waals surface area contributed by atoms with Crippen molar-refractivity contribution in [1.82, 2.24) is 0 Å². The fraction of sp³-hybridized carbons (Fsp3) is 0.250. The van der Waals surface area contributed by atoms with Crippen molar-refractivity contribution in [2.75, 3.05) is 13.2 Å². The SMILES string of the molecule is Fc1cc(Br)cc(OCCc2ccc3c(c2)CCO3)c1F. The zero-order valence-corrected chi connectivity index (χ0v) is 12.8. The molecule has 2 aromatic rings. The molecule has 1 aliphatic heterocycles. The van der Waals surface area contributed by atoms with Gasteiger partial charge in [-0.15, -0.1) is 0 Å². The van der Waals surface area contributed by atoms with E-state index in [1.54, 1.807) is 0 Å². The Morgan fingerprint density at radius 1 is 1.19 bits per heavy atom. The van der Waals surface area contributed by atoms with Gasteiger partial charge >= 0.3 is 0 Å². The first kappa shape index (κ1) is 14.3. The van der Waals surface area contributed by atoms with Gasteiger partial charge in [0.15, 0.2) is 11.6 Å². The third-order valence-electron chi connectivity index (χ3n) is 3.36. The predicted molar refractivity (Wildman–Crippen MR) is 78.9 cm³/mol. The molecule has 2 aromatic carbocycles. The van der Waals surface area contributed by atoms with Crippen LogP contribution in [-0.2, 0) is 12.8 Å². The highest BCUT2D eigenvalue weighted by molar-refractivity contribution is 9.10. The largest absolute Gasteiger partial charge is 0.493 e. The standard InChI is InChI=1S/C16H13BrF2O2/c17-12-8-13(18)16(19)15(9-12)21-5-3-10-1-2-14-11(7-10)4-6-20-14/h1-2,7-9H,3-6H2. The number of hydrogen-bond donors (Lipinski definition) is 0. The van der Waals surface area contributed by atoms with E-state index in [0.29, 0.717) is 10.9 Å². The smallest absolute Gasteiger partial charge is 0.200 e. The topological polar surface area (TPSA) is 18.5 Å². The summed E-state index contributed by atoms with van der Waals surface area (Å²) in [5, 5.41) is 0. The molecule has 0 saturated heterocycles. The number of ether oxygens (including phenoxy) is 2. The van der Waals surface area contributed by atoms with E-state index >= 15 is 0 Å². The molecule has 110 valence electrons. The van der Waals surface area contributed by atoms with Crippen molar-refractivity contribution >= 4 is 15.9 Å². The molecule has 0 saturated carbocycles. The van der Waals surface area contributed by atoms with E-state index in [-0.39, 0.29) is 12.4 Å². The lowest BCUT2D eigenvalue weighted by atomic mass is 10.1. The molecule has 0 radical (unpaired) electrons. The summed E-state index contributed by atoms with van der Waals surface area (Å²) >= 11 is 3.12. The van der Waals surface area contributed by atoms with Crippen LogP contribution in [0.1, 0.15) is 11.1 Å². The fourth-order valence-electron chi connectivity index (χ4n) is 2.31. The average molecular weight is 355 g/mol. The molecule has 0 atom stereocenters. The van der Waals surface area contributed by atoms with Crippen molar-refractivity contribution in [3.63, 3.8) is 0 Å². The van der Waals surface area contributed by atoms with Gasteiger partial charge in [0.2, 0.25) is 5.82 Å². The fourth-order valence-corrected chi connectivity index (χ4v) is 2.72. The molecule has 0 N–H and O–H groups in total. The van der Waals surface area contributed by atoms with Crippen LogP contribution in [0.5, 0.6) is 11.5 Å². The summed E-state index contributed by atoms with van der Waals surface area (Å²) in [6.45, 7) is 1.00. The lowest BCUT2D eigenvalue weighted by Crippen LogP contribution is -2.04. The van der Waals surface area contributed by atoms with E-state index in [1.807, 2.05) is 12.1 Å². The van der Waals surface area contributed by atoms with Gasteiger partial charge < -0.3 is 9.47 Å². The van der Waals surface area contributed by atoms with Crippen LogP contribution in [-0.4, -0.2) is 13.2 Å². The van der Waals surface area contributed by atoms with Gasteiger partial charge in [0.1, 0.15) is 5.75 Å². The highest BCUT2D eigenvalue weighted by atomic mass is 79.9. The van der Waals surface area contributed by atoms with E-state index in [9.17, 15) is 8.78 Å². The van der Waals surface area contributed by atoms with E-state index in [2.05, 4.69) is 22.0 Å². The van der Waals surface area contributed by atoms with E-state index in [4.69, 9.17) is 9.47 Å². The molecule has 5 heteroatoms. The van der Waals surface area contributed by atoms with Gasteiger partial charge in [-0.05, 0) is 29.3 Å². The first-order valence-corrected chi connectivity index (χ1v) is 7.45. The van der Waals surface area contributed by atoms with Crippen LogP contribution in [0.4, 0.5) is 8.78 Å². The Morgan fingerprint density at radius 3 is 2.90 bits per heavy atom. The van der Waals surface area contributed by atoms with Crippen LogP contribution < -0.4 is 9.47 Å². The number of fused-ring (bicyclic) bond motifs is 1. The summed E-state index contributed by atoms with van der Waals surface area (Å²) in [6, 6.07) is 8.48. The lowest BCUT2D eigenvalue weighted by molar-refractivity contribution is 0.298. The number of rotatable bonds is 4. The van der Waals surface area contributed by atoms with Crippen LogP contribution in [0.15, 0.2) is 34.8 Å². The van der Waals surface area contributed by atoms with E-state index in [1.165, 1.54) is 11.6 Å². The molecule has 0 unspecified atom stereocenters. The summed E-state index contributed by atoms with van der Waals surface area (Å²) in [7, 11) is 0. The first-order valence-electron chi connectivity index (χ1n) is 6.65. The minimum Gasteiger partial charge on any atom is -0.493 e. The maximum absolute atomic E-state index is 13.5. The Kier molecular flexibility index (Phi) is 4.10. The Morgan fingerprint density at radius 2 is 2.05 bits per heavy atom. The second kappa shape index (κ2) is 6.02. The molecule has 1 aliphatic rings. The quantitative estimate of drug-likeness (QED) is 0.762. The molecular formula is C16H13BrF2O2. The highest BCUT2D eigenvalue weighted by Gasteiger charge is 2.13. The molecule has 1 heterocycles. The van der Waals surface area contributed by atoms with Crippen LogP contribution in [0, 0.1) is 11.6 Å². The van der Waals surface area contributed by atoms with Crippen molar-refractivity contribution < 1.29 is 18.3 Å². The molecule has 0 bridgehead atoms. The summed E-state index contributed by atoms with van der Waals surface area (Å²) in [6.07, 6.45) is 1.54. The second-order valence-electron chi connectivity index (χ2n) is 4.84. The predicted octanol–water partition coefficient (Wildman–Crippen LogP) is 4.28. The molecule has 0 aromatic heterocycles. The highest BCUT2D eigenvalue weighted by Crippen LogP contribution is 2.27. The maximum atomic E-state index is 13.5. The minimum atomic E-state index is -0.958. The molecule has 0 aliphatic carbocycles. The Labute approximate surface area is 129 Å². The zero-order valence-electron chi connectivity index (χ0n) is 11.2. The van der Waals surface area contributed by atoms with E-state index in [0.717, 1.165) is 30.4 Å². The second-order valence-corrected chi connectivity index (χ2v) is 5.75. The lowest BCUT2D eigenvalue weighted by Gasteiger charge is -2.09. The summed E-state index contributed by atoms with van der Waals surface area (Å²) < 4.78 is 38.0. The molecule has 0 amide bonds. The van der Waals surface area contributed by atoms with Crippen molar-refractivity contribution in [2.45, 2.75) is 12.8 Å². The van der Waals surface area contributed by atoms with Gasteiger partial charge in [-0.1, -0.05) is 28.1 Å². The van der Waals surface area contributed by atoms with Gasteiger partial charge in [0.05, 0.1) is 13.2 Å². The first-order chi connectivity index (χ1) is 10.1.